The van der Waals surface area contributed by atoms with E-state index in [-0.39, 0.29) is 32.0 Å². The van der Waals surface area contributed by atoms with E-state index in [0.29, 0.717) is 11.5 Å². The van der Waals surface area contributed by atoms with E-state index in [1.807, 2.05) is 0 Å². The van der Waals surface area contributed by atoms with Gasteiger partial charge in [0.25, 0.3) is 0 Å². The third kappa shape index (κ3) is 4.62. The third-order valence-corrected chi connectivity index (χ3v) is 5.86. The lowest BCUT2D eigenvalue weighted by molar-refractivity contribution is -0.111. The normalized spacial score (nSPS) is 15.9. The van der Waals surface area contributed by atoms with E-state index < -0.39 is 26.6 Å². The maximum atomic E-state index is 14.2. The molecular formula is C18H19FN2O5S. The van der Waals surface area contributed by atoms with Crippen LogP contribution in [0.15, 0.2) is 45.7 Å². The van der Waals surface area contributed by atoms with Crippen molar-refractivity contribution in [2.24, 2.45) is 0 Å². The van der Waals surface area contributed by atoms with Gasteiger partial charge in [0.1, 0.15) is 22.2 Å². The summed E-state index contributed by atoms with van der Waals surface area (Å²) in [6.45, 7) is 2.61. The van der Waals surface area contributed by atoms with Crippen molar-refractivity contribution in [3.8, 4) is 0 Å². The minimum atomic E-state index is -4.01. The minimum Gasteiger partial charge on any atom is -0.462 e. The molecule has 0 saturated carbocycles. The van der Waals surface area contributed by atoms with Gasteiger partial charge in [0.15, 0.2) is 0 Å². The van der Waals surface area contributed by atoms with E-state index in [4.69, 9.17) is 9.15 Å². The predicted molar refractivity (Wildman–Crippen MR) is 97.1 cm³/mol. The summed E-state index contributed by atoms with van der Waals surface area (Å²) >= 11 is 0. The number of nitrogens with zero attached hydrogens (tertiary/aromatic N) is 1. The first-order valence-electron chi connectivity index (χ1n) is 8.29. The molecule has 0 unspecified atom stereocenters. The molecule has 1 amide bonds. The molecule has 1 aromatic carbocycles. The summed E-state index contributed by atoms with van der Waals surface area (Å²) in [4.78, 5) is 11.6. The predicted octanol–water partition coefficient (Wildman–Crippen LogP) is 2.40. The molecule has 0 spiro atoms. The molecular weight excluding hydrogens is 375 g/mol. The first kappa shape index (κ1) is 19.3. The van der Waals surface area contributed by atoms with Gasteiger partial charge in [-0.15, -0.1) is 0 Å². The molecule has 1 saturated heterocycles. The van der Waals surface area contributed by atoms with Crippen molar-refractivity contribution in [3.63, 3.8) is 0 Å². The zero-order chi connectivity index (χ0) is 19.4. The molecule has 3 rings (SSSR count). The summed E-state index contributed by atoms with van der Waals surface area (Å²) < 4.78 is 51.1. The number of rotatable bonds is 5. The topological polar surface area (TPSA) is 88.9 Å². The van der Waals surface area contributed by atoms with Crippen molar-refractivity contribution >= 4 is 27.7 Å². The quantitative estimate of drug-likeness (QED) is 0.787. The number of halogens is 1. The maximum absolute atomic E-state index is 14.2. The number of anilines is 1. The Kier molecular flexibility index (Phi) is 5.73. The molecule has 1 aromatic heterocycles. The number of furan rings is 1. The van der Waals surface area contributed by atoms with E-state index in [9.17, 15) is 17.6 Å². The van der Waals surface area contributed by atoms with Crippen molar-refractivity contribution in [1.82, 2.24) is 4.31 Å². The number of hydrogen-bond acceptors (Lipinski definition) is 5. The molecule has 9 heteroatoms. The Hall–Kier alpha value is -2.49. The number of aryl methyl sites for hydroxylation is 1. The molecule has 0 aliphatic carbocycles. The molecule has 1 aliphatic heterocycles. The number of amides is 1. The zero-order valence-electron chi connectivity index (χ0n) is 14.6. The molecule has 0 bridgehead atoms. The van der Waals surface area contributed by atoms with Gasteiger partial charge in [-0.1, -0.05) is 0 Å². The molecule has 27 heavy (non-hydrogen) atoms. The lowest BCUT2D eigenvalue weighted by Crippen LogP contribution is -2.40. The Labute approximate surface area is 156 Å². The number of hydrogen-bond donors (Lipinski definition) is 1. The molecule has 0 atom stereocenters. The van der Waals surface area contributed by atoms with Gasteiger partial charge in [0.2, 0.25) is 15.9 Å². The fraction of sp³-hybridized carbons (Fsp3) is 0.278. The van der Waals surface area contributed by atoms with Crippen LogP contribution in [-0.4, -0.2) is 44.9 Å². The van der Waals surface area contributed by atoms with E-state index in [1.54, 1.807) is 19.1 Å². The standard InChI is InChI=1S/C18H19FN2O5S/c1-13-2-4-15(26-13)5-7-18(22)20-14-3-6-16(19)17(12-14)27(23,24)21-8-10-25-11-9-21/h2-7,12H,8-11H2,1H3,(H,20,22)/b7-5+. The second-order valence-electron chi connectivity index (χ2n) is 5.93. The Bertz CT molecular complexity index is 962. The van der Waals surface area contributed by atoms with Crippen molar-refractivity contribution in [3.05, 3.63) is 53.7 Å². The van der Waals surface area contributed by atoms with Crippen LogP contribution in [-0.2, 0) is 19.6 Å². The summed E-state index contributed by atoms with van der Waals surface area (Å²) in [5.41, 5.74) is 0.175. The summed E-state index contributed by atoms with van der Waals surface area (Å²) in [6.07, 6.45) is 2.73. The highest BCUT2D eigenvalue weighted by Gasteiger charge is 2.29. The molecule has 0 radical (unpaired) electrons. The van der Waals surface area contributed by atoms with Gasteiger partial charge < -0.3 is 14.5 Å². The van der Waals surface area contributed by atoms with Crippen LogP contribution in [0.5, 0.6) is 0 Å². The van der Waals surface area contributed by atoms with Gasteiger partial charge in [-0.25, -0.2) is 12.8 Å². The van der Waals surface area contributed by atoms with E-state index >= 15 is 0 Å². The fourth-order valence-corrected chi connectivity index (χ4v) is 4.09. The van der Waals surface area contributed by atoms with Gasteiger partial charge in [-0.2, -0.15) is 4.31 Å². The van der Waals surface area contributed by atoms with Gasteiger partial charge in [0, 0.05) is 24.9 Å². The van der Waals surface area contributed by atoms with Gasteiger partial charge in [-0.05, 0) is 43.3 Å². The second-order valence-corrected chi connectivity index (χ2v) is 7.84. The number of morpholine rings is 1. The SMILES string of the molecule is Cc1ccc(/C=C/C(=O)Nc2ccc(F)c(S(=O)(=O)N3CCOCC3)c2)o1. The van der Waals surface area contributed by atoms with Crippen LogP contribution in [0, 0.1) is 12.7 Å². The number of sulfonamides is 1. The van der Waals surface area contributed by atoms with Crippen molar-refractivity contribution in [2.45, 2.75) is 11.8 Å². The lowest BCUT2D eigenvalue weighted by Gasteiger charge is -2.26. The van der Waals surface area contributed by atoms with E-state index in [0.717, 1.165) is 12.1 Å². The highest BCUT2D eigenvalue weighted by Crippen LogP contribution is 2.24. The molecule has 7 nitrogen and oxygen atoms in total. The smallest absolute Gasteiger partial charge is 0.248 e. The van der Waals surface area contributed by atoms with Crippen molar-refractivity contribution in [1.29, 1.82) is 0 Å². The van der Waals surface area contributed by atoms with Crippen molar-refractivity contribution in [2.75, 3.05) is 31.6 Å². The summed E-state index contributed by atoms with van der Waals surface area (Å²) in [6, 6.07) is 6.91. The zero-order valence-corrected chi connectivity index (χ0v) is 15.5. The van der Waals surface area contributed by atoms with Crippen LogP contribution in [0.4, 0.5) is 10.1 Å². The van der Waals surface area contributed by atoms with E-state index in [1.165, 1.54) is 22.5 Å². The van der Waals surface area contributed by atoms with Crippen LogP contribution in [0.2, 0.25) is 0 Å². The molecule has 2 aromatic rings. The molecule has 1 aliphatic rings. The maximum Gasteiger partial charge on any atom is 0.248 e. The minimum absolute atomic E-state index is 0.156. The van der Waals surface area contributed by atoms with Gasteiger partial charge >= 0.3 is 0 Å². The van der Waals surface area contributed by atoms with Crippen LogP contribution in [0.25, 0.3) is 6.08 Å². The monoisotopic (exact) mass is 394 g/mol. The molecule has 1 N–H and O–H groups in total. The molecule has 2 heterocycles. The van der Waals surface area contributed by atoms with Crippen LogP contribution >= 0.6 is 0 Å². The lowest BCUT2D eigenvalue weighted by atomic mass is 10.3. The Morgan fingerprint density at radius 2 is 1.96 bits per heavy atom. The first-order valence-corrected chi connectivity index (χ1v) is 9.73. The Morgan fingerprint density at radius 1 is 1.22 bits per heavy atom. The van der Waals surface area contributed by atoms with Gasteiger partial charge in [0.05, 0.1) is 13.2 Å². The van der Waals surface area contributed by atoms with Crippen LogP contribution in [0.3, 0.4) is 0 Å². The summed E-state index contributed by atoms with van der Waals surface area (Å²) in [5, 5.41) is 2.52. The highest BCUT2D eigenvalue weighted by molar-refractivity contribution is 7.89. The van der Waals surface area contributed by atoms with Crippen LogP contribution in [0.1, 0.15) is 11.5 Å². The number of carbonyl (C=O) groups is 1. The summed E-state index contributed by atoms with van der Waals surface area (Å²) in [5.74, 6) is -0.143. The van der Waals surface area contributed by atoms with E-state index in [2.05, 4.69) is 5.32 Å². The number of ether oxygens (including phenoxy) is 1. The highest BCUT2D eigenvalue weighted by atomic mass is 32.2. The number of nitrogens with one attached hydrogen (secondary N) is 1. The average molecular weight is 394 g/mol. The van der Waals surface area contributed by atoms with Gasteiger partial charge in [-0.3, -0.25) is 4.79 Å². The second kappa shape index (κ2) is 8.03. The number of carbonyl (C=O) groups excluding carboxylic acids is 1. The first-order chi connectivity index (χ1) is 12.9. The average Bonchev–Trinajstić information content (AvgIpc) is 3.07. The number of benzene rings is 1. The fourth-order valence-electron chi connectivity index (χ4n) is 2.59. The largest absolute Gasteiger partial charge is 0.462 e. The van der Waals surface area contributed by atoms with Crippen molar-refractivity contribution < 1.29 is 26.8 Å². The third-order valence-electron chi connectivity index (χ3n) is 3.95. The Balaban J connectivity index is 1.76. The van der Waals surface area contributed by atoms with Crippen LogP contribution < -0.4 is 5.32 Å². The summed E-state index contributed by atoms with van der Waals surface area (Å²) in [7, 11) is -4.01. The Morgan fingerprint density at radius 3 is 2.63 bits per heavy atom. The molecule has 1 fully saturated rings. The molecule has 144 valence electrons.